The van der Waals surface area contributed by atoms with Crippen LogP contribution in [0.2, 0.25) is 0 Å². The molecule has 0 amide bonds. The molecule has 0 aromatic carbocycles. The van der Waals surface area contributed by atoms with Gasteiger partial charge in [-0.3, -0.25) is 9.89 Å². The number of aliphatic carboxylic acids is 1. The summed E-state index contributed by atoms with van der Waals surface area (Å²) in [6.45, 7) is 3.71. The van der Waals surface area contributed by atoms with E-state index in [9.17, 15) is 9.90 Å². The first-order valence-electron chi connectivity index (χ1n) is 5.56. The summed E-state index contributed by atoms with van der Waals surface area (Å²) in [5.41, 5.74) is -0.242. The summed E-state index contributed by atoms with van der Waals surface area (Å²) in [4.78, 5) is 11.3. The Hall–Kier alpha value is -2.25. The van der Waals surface area contributed by atoms with E-state index in [1.807, 2.05) is 6.92 Å². The first-order chi connectivity index (χ1) is 8.57. The number of tetrazole rings is 1. The van der Waals surface area contributed by atoms with Gasteiger partial charge in [0.1, 0.15) is 5.69 Å². The van der Waals surface area contributed by atoms with Gasteiger partial charge >= 0.3 is 5.97 Å². The van der Waals surface area contributed by atoms with Crippen LogP contribution in [-0.2, 0) is 11.3 Å². The van der Waals surface area contributed by atoms with Crippen LogP contribution >= 0.6 is 0 Å². The quantitative estimate of drug-likeness (QED) is 0.802. The zero-order valence-electron chi connectivity index (χ0n) is 10.2. The van der Waals surface area contributed by atoms with Crippen LogP contribution in [0.3, 0.4) is 0 Å². The topological polar surface area (TPSA) is 110 Å². The highest BCUT2D eigenvalue weighted by molar-refractivity contribution is 5.74. The van der Waals surface area contributed by atoms with Gasteiger partial charge in [0, 0.05) is 6.20 Å². The van der Waals surface area contributed by atoms with E-state index < -0.39 is 11.4 Å². The second-order valence-electron chi connectivity index (χ2n) is 4.35. The van der Waals surface area contributed by atoms with E-state index >= 15 is 0 Å². The smallest absolute Gasteiger partial charge is 0.311 e. The molecule has 1 atom stereocenters. The first-order valence-corrected chi connectivity index (χ1v) is 5.56. The van der Waals surface area contributed by atoms with Crippen LogP contribution in [0.4, 0.5) is 0 Å². The number of H-pyrrole nitrogens is 1. The van der Waals surface area contributed by atoms with Gasteiger partial charge in [0.2, 0.25) is 0 Å². The predicted molar refractivity (Wildman–Crippen MR) is 61.4 cm³/mol. The standard InChI is InChI=1S/C10H14N6O2/c1-3-10(2,9(17)18)6-16-8(13-14-15-16)7-4-5-11-12-7/h4-5H,3,6H2,1-2H3,(H,11,12)(H,17,18). The van der Waals surface area contributed by atoms with Crippen molar-refractivity contribution in [2.75, 3.05) is 0 Å². The Morgan fingerprint density at radius 1 is 1.61 bits per heavy atom. The Kier molecular flexibility index (Phi) is 3.09. The van der Waals surface area contributed by atoms with E-state index in [1.54, 1.807) is 19.2 Å². The van der Waals surface area contributed by atoms with Crippen molar-refractivity contribution in [3.63, 3.8) is 0 Å². The van der Waals surface area contributed by atoms with Crippen LogP contribution in [0.1, 0.15) is 20.3 Å². The van der Waals surface area contributed by atoms with Crippen LogP contribution in [0.25, 0.3) is 11.5 Å². The molecule has 8 nitrogen and oxygen atoms in total. The average Bonchev–Trinajstić information content (AvgIpc) is 2.98. The second-order valence-corrected chi connectivity index (χ2v) is 4.35. The molecule has 0 radical (unpaired) electrons. The Morgan fingerprint density at radius 3 is 2.94 bits per heavy atom. The monoisotopic (exact) mass is 250 g/mol. The molecule has 8 heteroatoms. The summed E-state index contributed by atoms with van der Waals surface area (Å²) in [7, 11) is 0. The summed E-state index contributed by atoms with van der Waals surface area (Å²) >= 11 is 0. The normalized spacial score (nSPS) is 14.3. The van der Waals surface area contributed by atoms with Crippen LogP contribution < -0.4 is 0 Å². The third kappa shape index (κ3) is 2.08. The molecule has 0 fully saturated rings. The Bertz CT molecular complexity index is 534. The van der Waals surface area contributed by atoms with E-state index in [0.29, 0.717) is 17.9 Å². The maximum absolute atomic E-state index is 11.3. The van der Waals surface area contributed by atoms with E-state index in [1.165, 1.54) is 4.68 Å². The minimum Gasteiger partial charge on any atom is -0.481 e. The third-order valence-corrected chi connectivity index (χ3v) is 3.07. The number of aromatic nitrogens is 6. The lowest BCUT2D eigenvalue weighted by molar-refractivity contribution is -0.149. The minimum atomic E-state index is -0.899. The van der Waals surface area contributed by atoms with Gasteiger partial charge in [-0.05, 0) is 29.8 Å². The van der Waals surface area contributed by atoms with Crippen molar-refractivity contribution in [3.05, 3.63) is 12.3 Å². The van der Waals surface area contributed by atoms with Gasteiger partial charge in [-0.15, -0.1) is 5.10 Å². The molecule has 0 aliphatic carbocycles. The summed E-state index contributed by atoms with van der Waals surface area (Å²) in [6.07, 6.45) is 2.08. The van der Waals surface area contributed by atoms with Crippen molar-refractivity contribution in [2.45, 2.75) is 26.8 Å². The largest absolute Gasteiger partial charge is 0.481 e. The number of rotatable bonds is 5. The number of carboxylic acids is 1. The van der Waals surface area contributed by atoms with Crippen molar-refractivity contribution >= 4 is 5.97 Å². The SMILES string of the molecule is CCC(C)(Cn1nnnc1-c1ccn[nH]1)C(=O)O. The molecule has 96 valence electrons. The number of hydrogen-bond donors (Lipinski definition) is 2. The lowest BCUT2D eigenvalue weighted by atomic mass is 9.88. The lowest BCUT2D eigenvalue weighted by Crippen LogP contribution is -2.32. The number of aromatic amines is 1. The van der Waals surface area contributed by atoms with Crippen LogP contribution in [-0.4, -0.2) is 41.5 Å². The average molecular weight is 250 g/mol. The highest BCUT2D eigenvalue weighted by Crippen LogP contribution is 2.25. The molecule has 0 spiro atoms. The molecule has 0 aliphatic heterocycles. The molecular weight excluding hydrogens is 236 g/mol. The molecule has 0 bridgehead atoms. The number of hydrogen-bond acceptors (Lipinski definition) is 5. The van der Waals surface area contributed by atoms with Crippen molar-refractivity contribution in [1.29, 1.82) is 0 Å². The molecule has 0 saturated heterocycles. The summed E-state index contributed by atoms with van der Waals surface area (Å²) in [5.74, 6) is -0.385. The van der Waals surface area contributed by atoms with Crippen molar-refractivity contribution < 1.29 is 9.90 Å². The molecule has 2 heterocycles. The lowest BCUT2D eigenvalue weighted by Gasteiger charge is -2.22. The zero-order chi connectivity index (χ0) is 13.2. The van der Waals surface area contributed by atoms with E-state index in [0.717, 1.165) is 0 Å². The minimum absolute atomic E-state index is 0.209. The number of carboxylic acid groups (broad SMARTS) is 1. The molecule has 2 aromatic rings. The molecule has 1 unspecified atom stereocenters. The number of carbonyl (C=O) groups is 1. The fourth-order valence-corrected chi connectivity index (χ4v) is 1.55. The van der Waals surface area contributed by atoms with Gasteiger partial charge in [-0.2, -0.15) is 5.10 Å². The molecule has 2 rings (SSSR count). The van der Waals surface area contributed by atoms with E-state index in [4.69, 9.17) is 0 Å². The van der Waals surface area contributed by atoms with Crippen LogP contribution in [0.5, 0.6) is 0 Å². The Labute approximate surface area is 103 Å². The predicted octanol–water partition coefficient (Wildman–Crippen LogP) is 0.564. The number of nitrogens with one attached hydrogen (secondary N) is 1. The second kappa shape index (κ2) is 4.55. The number of nitrogens with zero attached hydrogens (tertiary/aromatic N) is 5. The fourth-order valence-electron chi connectivity index (χ4n) is 1.55. The highest BCUT2D eigenvalue weighted by Gasteiger charge is 2.33. The summed E-state index contributed by atoms with van der Waals surface area (Å²) < 4.78 is 1.48. The summed E-state index contributed by atoms with van der Waals surface area (Å²) in [5, 5.41) is 27.1. The maximum atomic E-state index is 11.3. The van der Waals surface area contributed by atoms with Gasteiger partial charge in [-0.25, -0.2) is 4.68 Å². The van der Waals surface area contributed by atoms with Gasteiger partial charge in [-0.1, -0.05) is 6.92 Å². The first kappa shape index (κ1) is 12.2. The van der Waals surface area contributed by atoms with E-state index in [2.05, 4.69) is 25.7 Å². The van der Waals surface area contributed by atoms with Crippen molar-refractivity contribution in [1.82, 2.24) is 30.4 Å². The molecule has 2 N–H and O–H groups in total. The molecule has 0 aliphatic rings. The Balaban J connectivity index is 2.31. The zero-order valence-corrected chi connectivity index (χ0v) is 10.2. The molecule has 18 heavy (non-hydrogen) atoms. The van der Waals surface area contributed by atoms with Crippen LogP contribution in [0.15, 0.2) is 12.3 Å². The third-order valence-electron chi connectivity index (χ3n) is 3.07. The molecule has 0 saturated carbocycles. The van der Waals surface area contributed by atoms with Gasteiger partial charge < -0.3 is 5.11 Å². The Morgan fingerprint density at radius 2 is 2.39 bits per heavy atom. The van der Waals surface area contributed by atoms with Crippen molar-refractivity contribution in [3.8, 4) is 11.5 Å². The fraction of sp³-hybridized carbons (Fsp3) is 0.500. The maximum Gasteiger partial charge on any atom is 0.311 e. The summed E-state index contributed by atoms with van der Waals surface area (Å²) in [6, 6.07) is 1.73. The van der Waals surface area contributed by atoms with E-state index in [-0.39, 0.29) is 6.54 Å². The van der Waals surface area contributed by atoms with Crippen LogP contribution in [0, 0.1) is 5.41 Å². The molecule has 2 aromatic heterocycles. The highest BCUT2D eigenvalue weighted by atomic mass is 16.4. The van der Waals surface area contributed by atoms with Gasteiger partial charge in [0.15, 0.2) is 5.82 Å². The molecular formula is C10H14N6O2. The van der Waals surface area contributed by atoms with Crippen molar-refractivity contribution in [2.24, 2.45) is 5.41 Å². The van der Waals surface area contributed by atoms with Gasteiger partial charge in [0.25, 0.3) is 0 Å². The van der Waals surface area contributed by atoms with Gasteiger partial charge in [0.05, 0.1) is 12.0 Å².